The predicted octanol–water partition coefficient (Wildman–Crippen LogP) is 5.05. The van der Waals surface area contributed by atoms with Crippen molar-refractivity contribution in [1.82, 2.24) is 15.0 Å². The highest BCUT2D eigenvalue weighted by Crippen LogP contribution is 2.26. The number of fused-ring (bicyclic) bond motifs is 1. The number of benzene rings is 3. The van der Waals surface area contributed by atoms with E-state index in [9.17, 15) is 4.79 Å². The summed E-state index contributed by atoms with van der Waals surface area (Å²) in [5, 5.41) is 9.50. The van der Waals surface area contributed by atoms with Crippen molar-refractivity contribution in [3.05, 3.63) is 78.2 Å². The van der Waals surface area contributed by atoms with E-state index >= 15 is 0 Å². The van der Waals surface area contributed by atoms with Gasteiger partial charge in [0.2, 0.25) is 17.6 Å². The number of nitrogens with zero attached hydrogens (tertiary/aromatic N) is 3. The van der Waals surface area contributed by atoms with Crippen molar-refractivity contribution in [3.63, 3.8) is 0 Å². The van der Waals surface area contributed by atoms with Gasteiger partial charge in [-0.05, 0) is 43.3 Å². The fraction of sp³-hybridized carbons (Fsp3) is 0.269. The average Bonchev–Trinajstić information content (AvgIpc) is 3.28. The van der Waals surface area contributed by atoms with Gasteiger partial charge in [-0.25, -0.2) is 0 Å². The summed E-state index contributed by atoms with van der Waals surface area (Å²) in [6, 6.07) is 22.1. The van der Waals surface area contributed by atoms with Crippen molar-refractivity contribution in [3.8, 4) is 11.4 Å². The molecule has 0 bridgehead atoms. The van der Waals surface area contributed by atoms with Crippen molar-refractivity contribution in [2.75, 3.05) is 18.4 Å². The smallest absolute Gasteiger partial charge is 0.241 e. The molecule has 4 aromatic rings. The van der Waals surface area contributed by atoms with Crippen LogP contribution in [0.3, 0.4) is 0 Å². The third-order valence-electron chi connectivity index (χ3n) is 6.14. The zero-order valence-electron chi connectivity index (χ0n) is 18.1. The maximum atomic E-state index is 13.0. The molecule has 0 saturated carbocycles. The minimum absolute atomic E-state index is 0.0668. The molecule has 1 fully saturated rings. The number of rotatable bonds is 5. The Bertz CT molecular complexity index is 1240. The molecule has 32 heavy (non-hydrogen) atoms. The topological polar surface area (TPSA) is 71.3 Å². The number of nitrogens with one attached hydrogen (secondary N) is 1. The van der Waals surface area contributed by atoms with Crippen LogP contribution in [0.2, 0.25) is 0 Å². The number of anilines is 1. The highest BCUT2D eigenvalue weighted by molar-refractivity contribution is 6.02. The molecular formula is C26H26N4O2. The molecule has 5 rings (SSSR count). The van der Waals surface area contributed by atoms with E-state index < -0.39 is 0 Å². The minimum atomic E-state index is -0.0681. The lowest BCUT2D eigenvalue weighted by molar-refractivity contribution is -0.121. The molecule has 0 aliphatic carbocycles. The van der Waals surface area contributed by atoms with E-state index in [-0.39, 0.29) is 11.8 Å². The maximum absolute atomic E-state index is 13.0. The van der Waals surface area contributed by atoms with Gasteiger partial charge in [0.1, 0.15) is 0 Å². The largest absolute Gasteiger partial charge is 0.338 e. The second-order valence-electron chi connectivity index (χ2n) is 8.42. The zero-order valence-corrected chi connectivity index (χ0v) is 18.1. The van der Waals surface area contributed by atoms with Crippen molar-refractivity contribution >= 4 is 22.4 Å². The lowest BCUT2D eigenvalue weighted by atomic mass is 9.96. The molecule has 1 saturated heterocycles. The number of piperidine rings is 1. The first-order chi connectivity index (χ1) is 15.7. The highest BCUT2D eigenvalue weighted by atomic mass is 16.5. The van der Waals surface area contributed by atoms with E-state index in [1.807, 2.05) is 61.5 Å². The summed E-state index contributed by atoms with van der Waals surface area (Å²) in [5.41, 5.74) is 2.96. The Hall–Kier alpha value is -3.51. The van der Waals surface area contributed by atoms with Gasteiger partial charge >= 0.3 is 0 Å². The summed E-state index contributed by atoms with van der Waals surface area (Å²) in [4.78, 5) is 19.9. The third-order valence-corrected chi connectivity index (χ3v) is 6.14. The molecule has 6 heteroatoms. The van der Waals surface area contributed by atoms with Gasteiger partial charge in [-0.1, -0.05) is 65.8 Å². The molecular weight excluding hydrogens is 400 g/mol. The Morgan fingerprint density at radius 2 is 1.91 bits per heavy atom. The Balaban J connectivity index is 1.25. The lowest BCUT2D eigenvalue weighted by Gasteiger charge is -2.31. The van der Waals surface area contributed by atoms with Gasteiger partial charge in [-0.15, -0.1) is 0 Å². The second-order valence-corrected chi connectivity index (χ2v) is 8.42. The second kappa shape index (κ2) is 8.93. The standard InChI is InChI=1S/C26H26N4O2/c1-18-8-2-4-12-21(18)25-28-24(32-29-25)17-30-15-7-11-20(16-30)26(31)27-23-14-6-10-19-9-3-5-13-22(19)23/h2-6,8-10,12-14,20H,7,11,15-17H2,1H3,(H,27,31). The van der Waals surface area contributed by atoms with Crippen LogP contribution in [0.5, 0.6) is 0 Å². The van der Waals surface area contributed by atoms with Crippen LogP contribution >= 0.6 is 0 Å². The molecule has 1 N–H and O–H groups in total. The number of aryl methyl sites for hydroxylation is 1. The first-order valence-electron chi connectivity index (χ1n) is 11.1. The first-order valence-corrected chi connectivity index (χ1v) is 11.1. The van der Waals surface area contributed by atoms with Crippen LogP contribution in [0, 0.1) is 12.8 Å². The molecule has 162 valence electrons. The van der Waals surface area contributed by atoms with Crippen molar-refractivity contribution in [1.29, 1.82) is 0 Å². The van der Waals surface area contributed by atoms with Crippen LogP contribution in [0.4, 0.5) is 5.69 Å². The molecule has 1 aliphatic rings. The van der Waals surface area contributed by atoms with Crippen LogP contribution in [0.25, 0.3) is 22.2 Å². The molecule has 0 radical (unpaired) electrons. The Kier molecular flexibility index (Phi) is 5.69. The minimum Gasteiger partial charge on any atom is -0.338 e. The Morgan fingerprint density at radius 1 is 1.09 bits per heavy atom. The molecule has 3 aromatic carbocycles. The van der Waals surface area contributed by atoms with Crippen molar-refractivity contribution < 1.29 is 9.32 Å². The highest BCUT2D eigenvalue weighted by Gasteiger charge is 2.27. The summed E-state index contributed by atoms with van der Waals surface area (Å²) < 4.78 is 5.51. The summed E-state index contributed by atoms with van der Waals surface area (Å²) >= 11 is 0. The van der Waals surface area contributed by atoms with Gasteiger partial charge in [0.05, 0.1) is 12.5 Å². The predicted molar refractivity (Wildman–Crippen MR) is 125 cm³/mol. The SMILES string of the molecule is Cc1ccccc1-c1noc(CN2CCCC(C(=O)Nc3cccc4ccccc34)C2)n1. The van der Waals surface area contributed by atoms with Gasteiger partial charge in [0.25, 0.3) is 0 Å². The molecule has 1 unspecified atom stereocenters. The number of likely N-dealkylation sites (tertiary alicyclic amines) is 1. The van der Waals surface area contributed by atoms with E-state index in [4.69, 9.17) is 4.52 Å². The van der Waals surface area contributed by atoms with Crippen LogP contribution < -0.4 is 5.32 Å². The third kappa shape index (κ3) is 4.27. The Morgan fingerprint density at radius 3 is 2.81 bits per heavy atom. The van der Waals surface area contributed by atoms with Crippen molar-refractivity contribution in [2.45, 2.75) is 26.3 Å². The number of carbonyl (C=O) groups excluding carboxylic acids is 1. The van der Waals surface area contributed by atoms with E-state index in [1.165, 1.54) is 0 Å². The molecule has 6 nitrogen and oxygen atoms in total. The summed E-state index contributed by atoms with van der Waals surface area (Å²) in [6.07, 6.45) is 1.85. The van der Waals surface area contributed by atoms with Gasteiger partial charge in [-0.2, -0.15) is 4.98 Å². The molecule has 1 amide bonds. The molecule has 2 heterocycles. The van der Waals surface area contributed by atoms with Crippen LogP contribution in [-0.4, -0.2) is 34.0 Å². The van der Waals surface area contributed by atoms with Gasteiger partial charge in [-0.3, -0.25) is 9.69 Å². The fourth-order valence-corrected chi connectivity index (χ4v) is 4.43. The van der Waals surface area contributed by atoms with Crippen LogP contribution in [0.1, 0.15) is 24.3 Å². The van der Waals surface area contributed by atoms with Gasteiger partial charge < -0.3 is 9.84 Å². The number of hydrogen-bond acceptors (Lipinski definition) is 5. The van der Waals surface area contributed by atoms with E-state index in [0.29, 0.717) is 24.8 Å². The van der Waals surface area contributed by atoms with Crippen molar-refractivity contribution in [2.24, 2.45) is 5.92 Å². The quantitative estimate of drug-likeness (QED) is 0.484. The summed E-state index contributed by atoms with van der Waals surface area (Å²) in [5.74, 6) is 1.19. The monoisotopic (exact) mass is 426 g/mol. The van der Waals surface area contributed by atoms with Gasteiger partial charge in [0, 0.05) is 23.2 Å². The van der Waals surface area contributed by atoms with Crippen LogP contribution in [0.15, 0.2) is 71.3 Å². The van der Waals surface area contributed by atoms with E-state index in [1.54, 1.807) is 0 Å². The molecule has 1 atom stereocenters. The van der Waals surface area contributed by atoms with E-state index in [0.717, 1.165) is 47.0 Å². The lowest BCUT2D eigenvalue weighted by Crippen LogP contribution is -2.40. The summed E-state index contributed by atoms with van der Waals surface area (Å²) in [6.45, 7) is 4.19. The molecule has 1 aromatic heterocycles. The van der Waals surface area contributed by atoms with Gasteiger partial charge in [0.15, 0.2) is 0 Å². The van der Waals surface area contributed by atoms with Crippen LogP contribution in [-0.2, 0) is 11.3 Å². The number of hydrogen-bond donors (Lipinski definition) is 1. The molecule has 1 aliphatic heterocycles. The van der Waals surface area contributed by atoms with E-state index in [2.05, 4.69) is 32.5 Å². The molecule has 0 spiro atoms. The maximum Gasteiger partial charge on any atom is 0.241 e. The zero-order chi connectivity index (χ0) is 21.9. The fourth-order valence-electron chi connectivity index (χ4n) is 4.43. The summed E-state index contributed by atoms with van der Waals surface area (Å²) in [7, 11) is 0. The number of aromatic nitrogens is 2. The Labute approximate surface area is 187 Å². The number of carbonyl (C=O) groups is 1. The average molecular weight is 427 g/mol. The first kappa shape index (κ1) is 20.4. The number of amides is 1. The normalized spacial score (nSPS) is 16.8.